The van der Waals surface area contributed by atoms with E-state index in [1.165, 1.54) is 4.90 Å². The summed E-state index contributed by atoms with van der Waals surface area (Å²) in [6.45, 7) is 5.10. The van der Waals surface area contributed by atoms with Gasteiger partial charge in [-0.1, -0.05) is 6.92 Å². The van der Waals surface area contributed by atoms with E-state index in [1.54, 1.807) is 29.9 Å². The summed E-state index contributed by atoms with van der Waals surface area (Å²) in [7, 11) is 3.46. The Morgan fingerprint density at radius 2 is 2.05 bits per heavy atom. The van der Waals surface area contributed by atoms with Gasteiger partial charge in [0.05, 0.1) is 17.8 Å². The summed E-state index contributed by atoms with van der Waals surface area (Å²) in [5.74, 6) is -0.155. The highest BCUT2D eigenvalue weighted by atomic mass is 16.2. The molecule has 1 N–H and O–H groups in total. The normalized spacial score (nSPS) is 15.1. The smallest absolute Gasteiger partial charge is 0.257 e. The summed E-state index contributed by atoms with van der Waals surface area (Å²) in [5.41, 5.74) is 1.35. The van der Waals surface area contributed by atoms with Gasteiger partial charge in [0.2, 0.25) is 5.91 Å². The van der Waals surface area contributed by atoms with Crippen molar-refractivity contribution in [3.05, 3.63) is 17.5 Å². The Kier molecular flexibility index (Phi) is 4.95. The maximum absolute atomic E-state index is 12.4. The minimum atomic E-state index is -0.150. The Morgan fingerprint density at radius 3 is 2.67 bits per heavy atom. The van der Waals surface area contributed by atoms with Crippen LogP contribution in [0.5, 0.6) is 0 Å². The number of aromatic nitrogens is 2. The zero-order valence-corrected chi connectivity index (χ0v) is 12.9. The molecule has 1 aromatic rings. The molecule has 0 unspecified atom stereocenters. The lowest BCUT2D eigenvalue weighted by molar-refractivity contribution is -0.132. The van der Waals surface area contributed by atoms with Gasteiger partial charge in [0.25, 0.3) is 5.91 Å². The Labute approximate surface area is 124 Å². The standard InChI is InChI=1S/C14H23N5O2/c1-4-12-11(9-18(3)16-12)14(21)17(2)10-13(20)19-7-5-15-6-8-19/h9,15H,4-8,10H2,1-3H3. The Bertz CT molecular complexity index is 519. The van der Waals surface area contributed by atoms with Gasteiger partial charge in [0, 0.05) is 46.5 Å². The average molecular weight is 293 g/mol. The van der Waals surface area contributed by atoms with E-state index in [0.29, 0.717) is 25.1 Å². The van der Waals surface area contributed by atoms with Gasteiger partial charge in [-0.05, 0) is 6.42 Å². The molecule has 0 aliphatic carbocycles. The second kappa shape index (κ2) is 6.71. The lowest BCUT2D eigenvalue weighted by Gasteiger charge is -2.29. The first-order valence-electron chi connectivity index (χ1n) is 7.29. The summed E-state index contributed by atoms with van der Waals surface area (Å²) in [5, 5.41) is 7.47. The highest BCUT2D eigenvalue weighted by molar-refractivity contribution is 5.97. The molecule has 0 spiro atoms. The van der Waals surface area contributed by atoms with Crippen molar-refractivity contribution in [1.29, 1.82) is 0 Å². The van der Waals surface area contributed by atoms with Gasteiger partial charge in [-0.2, -0.15) is 5.10 Å². The van der Waals surface area contributed by atoms with Crippen LogP contribution in [0.25, 0.3) is 0 Å². The van der Waals surface area contributed by atoms with Crippen molar-refractivity contribution in [2.75, 3.05) is 39.8 Å². The van der Waals surface area contributed by atoms with Crippen LogP contribution in [0.15, 0.2) is 6.20 Å². The summed E-state index contributed by atoms with van der Waals surface area (Å²) in [6, 6.07) is 0. The summed E-state index contributed by atoms with van der Waals surface area (Å²) < 4.78 is 1.64. The number of aryl methyl sites for hydroxylation is 2. The molecule has 2 rings (SSSR count). The fraction of sp³-hybridized carbons (Fsp3) is 0.643. The van der Waals surface area contributed by atoms with Crippen LogP contribution in [0.1, 0.15) is 23.0 Å². The number of carbonyl (C=O) groups is 2. The maximum Gasteiger partial charge on any atom is 0.257 e. The quantitative estimate of drug-likeness (QED) is 0.811. The van der Waals surface area contributed by atoms with Gasteiger partial charge in [-0.25, -0.2) is 0 Å². The molecule has 0 saturated carbocycles. The molecule has 1 aliphatic heterocycles. The number of nitrogens with zero attached hydrogens (tertiary/aromatic N) is 4. The van der Waals surface area contributed by atoms with E-state index >= 15 is 0 Å². The molecule has 0 aromatic carbocycles. The van der Waals surface area contributed by atoms with Gasteiger partial charge >= 0.3 is 0 Å². The molecule has 0 bridgehead atoms. The Hall–Kier alpha value is -1.89. The minimum absolute atomic E-state index is 0.00529. The molecule has 116 valence electrons. The first-order chi connectivity index (χ1) is 10.0. The number of piperazine rings is 1. The van der Waals surface area contributed by atoms with Gasteiger partial charge in [0.1, 0.15) is 0 Å². The lowest BCUT2D eigenvalue weighted by Crippen LogP contribution is -2.49. The summed E-state index contributed by atoms with van der Waals surface area (Å²) in [6.07, 6.45) is 2.41. The average Bonchev–Trinajstić information content (AvgIpc) is 2.88. The third-order valence-electron chi connectivity index (χ3n) is 3.66. The molecular formula is C14H23N5O2. The van der Waals surface area contributed by atoms with Crippen LogP contribution in [0, 0.1) is 0 Å². The van der Waals surface area contributed by atoms with Crippen molar-refractivity contribution in [2.24, 2.45) is 7.05 Å². The number of nitrogens with one attached hydrogen (secondary N) is 1. The molecular weight excluding hydrogens is 270 g/mol. The minimum Gasteiger partial charge on any atom is -0.339 e. The monoisotopic (exact) mass is 293 g/mol. The molecule has 2 amide bonds. The molecule has 1 fully saturated rings. The van der Waals surface area contributed by atoms with E-state index in [2.05, 4.69) is 10.4 Å². The number of amides is 2. The summed E-state index contributed by atoms with van der Waals surface area (Å²) >= 11 is 0. The maximum atomic E-state index is 12.4. The number of carbonyl (C=O) groups excluding carboxylic acids is 2. The third kappa shape index (κ3) is 3.60. The molecule has 21 heavy (non-hydrogen) atoms. The second-order valence-electron chi connectivity index (χ2n) is 5.31. The molecule has 7 heteroatoms. The predicted molar refractivity (Wildman–Crippen MR) is 79.0 cm³/mol. The van der Waals surface area contributed by atoms with E-state index in [4.69, 9.17) is 0 Å². The van der Waals surface area contributed by atoms with Gasteiger partial charge < -0.3 is 15.1 Å². The fourth-order valence-electron chi connectivity index (χ4n) is 2.47. The predicted octanol–water partition coefficient (Wildman–Crippen LogP) is -0.514. The Morgan fingerprint density at radius 1 is 1.38 bits per heavy atom. The van der Waals surface area contributed by atoms with Gasteiger partial charge in [-0.15, -0.1) is 0 Å². The zero-order chi connectivity index (χ0) is 15.4. The third-order valence-corrected chi connectivity index (χ3v) is 3.66. The van der Waals surface area contributed by atoms with Crippen LogP contribution in [0.2, 0.25) is 0 Å². The molecule has 0 radical (unpaired) electrons. The van der Waals surface area contributed by atoms with E-state index in [9.17, 15) is 9.59 Å². The Balaban J connectivity index is 2.00. The van der Waals surface area contributed by atoms with Crippen molar-refractivity contribution >= 4 is 11.8 Å². The number of likely N-dealkylation sites (N-methyl/N-ethyl adjacent to an activating group) is 1. The molecule has 2 heterocycles. The van der Waals surface area contributed by atoms with Gasteiger partial charge in [0.15, 0.2) is 0 Å². The zero-order valence-electron chi connectivity index (χ0n) is 12.9. The van der Waals surface area contributed by atoms with Gasteiger partial charge in [-0.3, -0.25) is 14.3 Å². The summed E-state index contributed by atoms with van der Waals surface area (Å²) in [4.78, 5) is 27.9. The van der Waals surface area contributed by atoms with E-state index in [-0.39, 0.29) is 18.4 Å². The largest absolute Gasteiger partial charge is 0.339 e. The second-order valence-corrected chi connectivity index (χ2v) is 5.31. The molecule has 7 nitrogen and oxygen atoms in total. The van der Waals surface area contributed by atoms with Crippen LogP contribution in [0.3, 0.4) is 0 Å². The van der Waals surface area contributed by atoms with Crippen molar-refractivity contribution in [1.82, 2.24) is 24.9 Å². The molecule has 0 atom stereocenters. The van der Waals surface area contributed by atoms with Crippen molar-refractivity contribution in [2.45, 2.75) is 13.3 Å². The number of rotatable bonds is 4. The topological polar surface area (TPSA) is 70.5 Å². The van der Waals surface area contributed by atoms with Crippen LogP contribution in [-0.4, -0.2) is 71.2 Å². The SMILES string of the molecule is CCc1nn(C)cc1C(=O)N(C)CC(=O)N1CCNCC1. The lowest BCUT2D eigenvalue weighted by atomic mass is 10.2. The first-order valence-corrected chi connectivity index (χ1v) is 7.29. The van der Waals surface area contributed by atoms with Crippen LogP contribution < -0.4 is 5.32 Å². The first kappa shape index (κ1) is 15.5. The van der Waals surface area contributed by atoms with Crippen LogP contribution >= 0.6 is 0 Å². The van der Waals surface area contributed by atoms with E-state index < -0.39 is 0 Å². The molecule has 1 saturated heterocycles. The van der Waals surface area contributed by atoms with Crippen molar-refractivity contribution in [3.8, 4) is 0 Å². The fourth-order valence-corrected chi connectivity index (χ4v) is 2.47. The van der Waals surface area contributed by atoms with Crippen LogP contribution in [0.4, 0.5) is 0 Å². The number of hydrogen-bond donors (Lipinski definition) is 1. The van der Waals surface area contributed by atoms with Crippen LogP contribution in [-0.2, 0) is 18.3 Å². The molecule has 1 aliphatic rings. The van der Waals surface area contributed by atoms with E-state index in [0.717, 1.165) is 18.8 Å². The van der Waals surface area contributed by atoms with Crippen molar-refractivity contribution < 1.29 is 9.59 Å². The molecule has 1 aromatic heterocycles. The highest BCUT2D eigenvalue weighted by Gasteiger charge is 2.23. The van der Waals surface area contributed by atoms with E-state index in [1.807, 2.05) is 6.92 Å². The number of hydrogen-bond acceptors (Lipinski definition) is 4. The van der Waals surface area contributed by atoms with Crippen molar-refractivity contribution in [3.63, 3.8) is 0 Å². The highest BCUT2D eigenvalue weighted by Crippen LogP contribution is 2.10.